The van der Waals surface area contributed by atoms with Crippen molar-refractivity contribution in [1.82, 2.24) is 4.90 Å². The Hall–Kier alpha value is -2.31. The maximum atomic E-state index is 12.5. The Morgan fingerprint density at radius 1 is 1.15 bits per heavy atom. The fourth-order valence-electron chi connectivity index (χ4n) is 3.07. The van der Waals surface area contributed by atoms with Gasteiger partial charge in [0.25, 0.3) is 0 Å². The third-order valence-electron chi connectivity index (χ3n) is 4.32. The number of benzene rings is 2. The Balaban J connectivity index is 1.65. The van der Waals surface area contributed by atoms with Gasteiger partial charge in [-0.05, 0) is 43.7 Å². The second kappa shape index (κ2) is 8.87. The smallest absolute Gasteiger partial charge is 0.323 e. The second-order valence-electron chi connectivity index (χ2n) is 6.11. The molecule has 26 heavy (non-hydrogen) atoms. The van der Waals surface area contributed by atoms with E-state index in [1.54, 1.807) is 11.8 Å². The summed E-state index contributed by atoms with van der Waals surface area (Å²) in [7, 11) is 1.38. The molecule has 1 aliphatic heterocycles. The SMILES string of the molecule is COC(=O)C1CCCN1CC(=O)Nc1ccccc1Sc1ccccc1. The van der Waals surface area contributed by atoms with Crippen molar-refractivity contribution < 1.29 is 14.3 Å². The fraction of sp³-hybridized carbons (Fsp3) is 0.300. The predicted octanol–water partition coefficient (Wildman–Crippen LogP) is 3.41. The van der Waals surface area contributed by atoms with E-state index >= 15 is 0 Å². The lowest BCUT2D eigenvalue weighted by molar-refractivity contribution is -0.146. The van der Waals surface area contributed by atoms with Gasteiger partial charge < -0.3 is 10.1 Å². The Morgan fingerprint density at radius 3 is 2.65 bits per heavy atom. The van der Waals surface area contributed by atoms with E-state index in [9.17, 15) is 9.59 Å². The highest BCUT2D eigenvalue weighted by molar-refractivity contribution is 7.99. The molecule has 1 heterocycles. The largest absolute Gasteiger partial charge is 0.468 e. The molecule has 0 bridgehead atoms. The number of rotatable bonds is 6. The van der Waals surface area contributed by atoms with Crippen molar-refractivity contribution in [2.75, 3.05) is 25.5 Å². The zero-order valence-corrected chi connectivity index (χ0v) is 15.5. The molecule has 0 saturated carbocycles. The summed E-state index contributed by atoms with van der Waals surface area (Å²) < 4.78 is 4.83. The standard InChI is InChI=1S/C20H22N2O3S/c1-25-20(24)17-11-7-13-22(17)14-19(23)21-16-10-5-6-12-18(16)26-15-8-3-2-4-9-15/h2-6,8-10,12,17H,7,11,13-14H2,1H3,(H,21,23). The number of ether oxygens (including phenoxy) is 1. The van der Waals surface area contributed by atoms with Crippen molar-refractivity contribution in [2.24, 2.45) is 0 Å². The molecule has 1 unspecified atom stereocenters. The van der Waals surface area contributed by atoms with E-state index in [2.05, 4.69) is 5.32 Å². The predicted molar refractivity (Wildman–Crippen MR) is 102 cm³/mol. The molecule has 136 valence electrons. The van der Waals surface area contributed by atoms with Crippen LogP contribution in [0, 0.1) is 0 Å². The summed E-state index contributed by atoms with van der Waals surface area (Å²) in [5.41, 5.74) is 0.778. The second-order valence-corrected chi connectivity index (χ2v) is 7.23. The maximum absolute atomic E-state index is 12.5. The number of carbonyl (C=O) groups excluding carboxylic acids is 2. The van der Waals surface area contributed by atoms with Gasteiger partial charge in [0.2, 0.25) is 5.91 Å². The number of carbonyl (C=O) groups is 2. The lowest BCUT2D eigenvalue weighted by Gasteiger charge is -2.22. The number of nitrogens with zero attached hydrogens (tertiary/aromatic N) is 1. The highest BCUT2D eigenvalue weighted by atomic mass is 32.2. The molecule has 1 aliphatic rings. The van der Waals surface area contributed by atoms with Crippen LogP contribution in [-0.2, 0) is 14.3 Å². The number of nitrogens with one attached hydrogen (secondary N) is 1. The molecule has 0 spiro atoms. The highest BCUT2D eigenvalue weighted by Gasteiger charge is 2.32. The van der Waals surface area contributed by atoms with Crippen LogP contribution in [0.15, 0.2) is 64.4 Å². The average molecular weight is 370 g/mol. The Morgan fingerprint density at radius 2 is 1.88 bits per heavy atom. The van der Waals surface area contributed by atoms with Crippen LogP contribution in [0.5, 0.6) is 0 Å². The van der Waals surface area contributed by atoms with E-state index in [-0.39, 0.29) is 24.5 Å². The molecule has 2 aromatic carbocycles. The molecule has 0 aromatic heterocycles. The van der Waals surface area contributed by atoms with Crippen LogP contribution in [0.3, 0.4) is 0 Å². The van der Waals surface area contributed by atoms with Gasteiger partial charge in [0.05, 0.1) is 19.3 Å². The molecular weight excluding hydrogens is 348 g/mol. The zero-order valence-electron chi connectivity index (χ0n) is 14.7. The summed E-state index contributed by atoms with van der Waals surface area (Å²) in [6, 6.07) is 17.4. The maximum Gasteiger partial charge on any atom is 0.323 e. The number of hydrogen-bond donors (Lipinski definition) is 1. The van der Waals surface area contributed by atoms with E-state index < -0.39 is 0 Å². The lowest BCUT2D eigenvalue weighted by Crippen LogP contribution is -2.41. The van der Waals surface area contributed by atoms with Crippen LogP contribution >= 0.6 is 11.8 Å². The average Bonchev–Trinajstić information content (AvgIpc) is 3.11. The molecular formula is C20H22N2O3S. The first-order valence-corrected chi connectivity index (χ1v) is 9.42. The van der Waals surface area contributed by atoms with Gasteiger partial charge in [-0.25, -0.2) is 0 Å². The van der Waals surface area contributed by atoms with Crippen LogP contribution in [0.2, 0.25) is 0 Å². The minimum absolute atomic E-state index is 0.123. The van der Waals surface area contributed by atoms with Gasteiger partial charge >= 0.3 is 5.97 Å². The van der Waals surface area contributed by atoms with Crippen LogP contribution in [0.4, 0.5) is 5.69 Å². The van der Waals surface area contributed by atoms with Crippen LogP contribution in [-0.4, -0.2) is 43.0 Å². The van der Waals surface area contributed by atoms with Crippen molar-refractivity contribution in [3.63, 3.8) is 0 Å². The van der Waals surface area contributed by atoms with E-state index in [4.69, 9.17) is 4.74 Å². The number of esters is 1. The molecule has 0 radical (unpaired) electrons. The van der Waals surface area contributed by atoms with E-state index in [0.29, 0.717) is 0 Å². The van der Waals surface area contributed by atoms with E-state index in [0.717, 1.165) is 34.9 Å². The van der Waals surface area contributed by atoms with Gasteiger partial charge in [0, 0.05) is 9.79 Å². The minimum atomic E-state index is -0.320. The Bertz CT molecular complexity index is 767. The summed E-state index contributed by atoms with van der Waals surface area (Å²) in [6.07, 6.45) is 1.63. The van der Waals surface area contributed by atoms with Crippen molar-refractivity contribution in [2.45, 2.75) is 28.7 Å². The van der Waals surface area contributed by atoms with Gasteiger partial charge in [0.1, 0.15) is 6.04 Å². The van der Waals surface area contributed by atoms with Crippen molar-refractivity contribution in [3.05, 3.63) is 54.6 Å². The minimum Gasteiger partial charge on any atom is -0.468 e. The molecule has 6 heteroatoms. The van der Waals surface area contributed by atoms with Gasteiger partial charge in [-0.3, -0.25) is 14.5 Å². The number of hydrogen-bond acceptors (Lipinski definition) is 5. The molecule has 1 saturated heterocycles. The summed E-state index contributed by atoms with van der Waals surface area (Å²) >= 11 is 1.61. The number of amides is 1. The van der Waals surface area contributed by atoms with Crippen molar-refractivity contribution >= 4 is 29.3 Å². The summed E-state index contributed by atoms with van der Waals surface area (Å²) in [6.45, 7) is 0.914. The third-order valence-corrected chi connectivity index (χ3v) is 5.40. The van der Waals surface area contributed by atoms with Gasteiger partial charge in [-0.1, -0.05) is 42.1 Å². The Kier molecular flexibility index (Phi) is 6.30. The number of methoxy groups -OCH3 is 1. The first-order chi connectivity index (χ1) is 12.7. The zero-order chi connectivity index (χ0) is 18.4. The first-order valence-electron chi connectivity index (χ1n) is 8.61. The molecule has 3 rings (SSSR count). The molecule has 5 nitrogen and oxygen atoms in total. The lowest BCUT2D eigenvalue weighted by atomic mass is 10.2. The number of likely N-dealkylation sites (tertiary alicyclic amines) is 1. The molecule has 1 fully saturated rings. The fourth-order valence-corrected chi connectivity index (χ4v) is 3.99. The Labute approximate surface area is 157 Å². The molecule has 1 amide bonds. The van der Waals surface area contributed by atoms with Gasteiger partial charge in [-0.15, -0.1) is 0 Å². The summed E-state index contributed by atoms with van der Waals surface area (Å²) in [4.78, 5) is 28.3. The monoisotopic (exact) mass is 370 g/mol. The third kappa shape index (κ3) is 4.65. The molecule has 2 aromatic rings. The van der Waals surface area contributed by atoms with Crippen molar-refractivity contribution in [3.8, 4) is 0 Å². The first kappa shape index (κ1) is 18.5. The normalized spacial score (nSPS) is 17.0. The quantitative estimate of drug-likeness (QED) is 0.790. The van der Waals surface area contributed by atoms with Crippen LogP contribution < -0.4 is 5.32 Å². The van der Waals surface area contributed by atoms with Gasteiger partial charge in [-0.2, -0.15) is 0 Å². The van der Waals surface area contributed by atoms with Crippen LogP contribution in [0.25, 0.3) is 0 Å². The number of anilines is 1. The van der Waals surface area contributed by atoms with Gasteiger partial charge in [0.15, 0.2) is 0 Å². The molecule has 0 aliphatic carbocycles. The number of para-hydroxylation sites is 1. The van der Waals surface area contributed by atoms with E-state index in [1.807, 2.05) is 59.5 Å². The topological polar surface area (TPSA) is 58.6 Å². The molecule has 1 atom stereocenters. The summed E-state index contributed by atoms with van der Waals surface area (Å²) in [5, 5.41) is 2.98. The highest BCUT2D eigenvalue weighted by Crippen LogP contribution is 2.33. The van der Waals surface area contributed by atoms with Crippen molar-refractivity contribution in [1.29, 1.82) is 0 Å². The molecule has 1 N–H and O–H groups in total. The van der Waals surface area contributed by atoms with Crippen LogP contribution in [0.1, 0.15) is 12.8 Å². The summed E-state index contributed by atoms with van der Waals surface area (Å²) in [5.74, 6) is -0.391. The van der Waals surface area contributed by atoms with E-state index in [1.165, 1.54) is 7.11 Å².